The van der Waals surface area contributed by atoms with Crippen molar-refractivity contribution in [3.8, 4) is 11.5 Å². The molecule has 2 aromatic rings. The number of thiazole rings is 1. The molecule has 2 heterocycles. The average molecular weight is 332 g/mol. The fraction of sp³-hybridized carbons (Fsp3) is 0.412. The summed E-state index contributed by atoms with van der Waals surface area (Å²) in [4.78, 5) is 17.5. The molecule has 0 spiro atoms. The molecule has 1 atom stereocenters. The van der Waals surface area contributed by atoms with E-state index in [0.717, 1.165) is 33.4 Å². The van der Waals surface area contributed by atoms with Crippen molar-refractivity contribution >= 4 is 17.2 Å². The molecular formula is C17H20N2O3S. The summed E-state index contributed by atoms with van der Waals surface area (Å²) in [5.41, 5.74) is 1.65. The lowest BCUT2D eigenvalue weighted by molar-refractivity contribution is 0.0933. The van der Waals surface area contributed by atoms with Gasteiger partial charge in [-0.3, -0.25) is 4.79 Å². The lowest BCUT2D eigenvalue weighted by atomic mass is 9.96. The highest BCUT2D eigenvalue weighted by molar-refractivity contribution is 7.11. The summed E-state index contributed by atoms with van der Waals surface area (Å²) < 4.78 is 11.2. The van der Waals surface area contributed by atoms with Gasteiger partial charge in [-0.25, -0.2) is 4.98 Å². The second-order valence-corrected chi connectivity index (χ2v) is 7.08. The number of carbonyl (C=O) groups excluding carboxylic acids is 1. The molecule has 0 radical (unpaired) electrons. The Balaban J connectivity index is 1.62. The molecule has 1 aliphatic heterocycles. The zero-order chi connectivity index (χ0) is 16.4. The highest BCUT2D eigenvalue weighted by Crippen LogP contribution is 2.35. The number of amides is 1. The molecule has 0 fully saturated rings. The number of para-hydroxylation sites is 1. The summed E-state index contributed by atoms with van der Waals surface area (Å²) in [7, 11) is 1.64. The van der Waals surface area contributed by atoms with E-state index in [1.807, 2.05) is 32.0 Å². The van der Waals surface area contributed by atoms with Crippen LogP contribution in [0.25, 0.3) is 0 Å². The fourth-order valence-corrected chi connectivity index (χ4v) is 3.62. The number of hydrogen-bond acceptors (Lipinski definition) is 5. The van der Waals surface area contributed by atoms with Crippen LogP contribution < -0.4 is 14.8 Å². The van der Waals surface area contributed by atoms with Crippen LogP contribution >= 0.6 is 11.3 Å². The maximum Gasteiger partial charge on any atom is 0.271 e. The van der Waals surface area contributed by atoms with E-state index in [2.05, 4.69) is 10.3 Å². The minimum atomic E-state index is -0.108. The van der Waals surface area contributed by atoms with Crippen LogP contribution in [0.5, 0.6) is 11.5 Å². The summed E-state index contributed by atoms with van der Waals surface area (Å²) in [6.07, 6.45) is 0.863. The van der Waals surface area contributed by atoms with Gasteiger partial charge in [0.05, 0.1) is 18.7 Å². The number of methoxy groups -OCH3 is 1. The predicted octanol–water partition coefficient (Wildman–Crippen LogP) is 2.75. The number of carbonyl (C=O) groups is 1. The van der Waals surface area contributed by atoms with Crippen molar-refractivity contribution in [3.63, 3.8) is 0 Å². The molecule has 0 bridgehead atoms. The summed E-state index contributed by atoms with van der Waals surface area (Å²) >= 11 is 1.54. The van der Waals surface area contributed by atoms with E-state index in [-0.39, 0.29) is 11.8 Å². The predicted molar refractivity (Wildman–Crippen MR) is 89.6 cm³/mol. The van der Waals surface area contributed by atoms with Crippen molar-refractivity contribution in [3.05, 3.63) is 39.3 Å². The Morgan fingerprint density at radius 2 is 2.30 bits per heavy atom. The van der Waals surface area contributed by atoms with E-state index in [1.54, 1.807) is 18.4 Å². The molecule has 3 rings (SSSR count). The number of aromatic nitrogens is 1. The van der Waals surface area contributed by atoms with Crippen molar-refractivity contribution in [1.29, 1.82) is 0 Å². The first-order valence-electron chi connectivity index (χ1n) is 7.59. The molecule has 0 aliphatic carbocycles. The molecular weight excluding hydrogens is 312 g/mol. The Labute approximate surface area is 139 Å². The third kappa shape index (κ3) is 3.32. The van der Waals surface area contributed by atoms with Crippen LogP contribution in [0, 0.1) is 19.8 Å². The zero-order valence-electron chi connectivity index (χ0n) is 13.5. The van der Waals surface area contributed by atoms with Gasteiger partial charge in [-0.1, -0.05) is 12.1 Å². The van der Waals surface area contributed by atoms with Gasteiger partial charge in [0.15, 0.2) is 11.5 Å². The summed E-state index contributed by atoms with van der Waals surface area (Å²) in [6, 6.07) is 5.90. The normalized spacial score (nSPS) is 16.4. The van der Waals surface area contributed by atoms with E-state index in [0.29, 0.717) is 18.8 Å². The highest BCUT2D eigenvalue weighted by atomic mass is 32.1. The minimum absolute atomic E-state index is 0.108. The van der Waals surface area contributed by atoms with Gasteiger partial charge < -0.3 is 14.8 Å². The summed E-state index contributed by atoms with van der Waals surface area (Å²) in [5, 5.41) is 3.89. The van der Waals surface area contributed by atoms with E-state index < -0.39 is 0 Å². The molecule has 0 saturated carbocycles. The molecule has 122 valence electrons. The SMILES string of the molecule is COc1cccc2c1OCC(CNC(=O)c1nc(C)sc1C)C2. The smallest absolute Gasteiger partial charge is 0.271 e. The van der Waals surface area contributed by atoms with Gasteiger partial charge in [-0.05, 0) is 31.9 Å². The van der Waals surface area contributed by atoms with E-state index in [4.69, 9.17) is 9.47 Å². The van der Waals surface area contributed by atoms with Gasteiger partial charge in [-0.2, -0.15) is 0 Å². The first-order chi connectivity index (χ1) is 11.1. The summed E-state index contributed by atoms with van der Waals surface area (Å²) in [6.45, 7) is 4.98. The lowest BCUT2D eigenvalue weighted by Gasteiger charge is -2.26. The Morgan fingerprint density at radius 1 is 1.48 bits per heavy atom. The van der Waals surface area contributed by atoms with Crippen molar-refractivity contribution in [2.75, 3.05) is 20.3 Å². The van der Waals surface area contributed by atoms with Crippen molar-refractivity contribution in [2.45, 2.75) is 20.3 Å². The number of hydrogen-bond donors (Lipinski definition) is 1. The second-order valence-electron chi connectivity index (χ2n) is 5.68. The largest absolute Gasteiger partial charge is 0.493 e. The fourth-order valence-electron chi connectivity index (χ4n) is 2.81. The molecule has 1 aliphatic rings. The van der Waals surface area contributed by atoms with Gasteiger partial charge in [0.1, 0.15) is 5.69 Å². The maximum atomic E-state index is 12.2. The molecule has 6 heteroatoms. The van der Waals surface area contributed by atoms with Gasteiger partial charge >= 0.3 is 0 Å². The number of nitrogens with zero attached hydrogens (tertiary/aromatic N) is 1. The maximum absolute atomic E-state index is 12.2. The Bertz CT molecular complexity index is 727. The van der Waals surface area contributed by atoms with Gasteiger partial charge in [-0.15, -0.1) is 11.3 Å². The van der Waals surface area contributed by atoms with E-state index in [9.17, 15) is 4.79 Å². The topological polar surface area (TPSA) is 60.5 Å². The molecule has 1 aromatic carbocycles. The molecule has 1 aromatic heterocycles. The quantitative estimate of drug-likeness (QED) is 0.935. The Hall–Kier alpha value is -2.08. The number of nitrogens with one attached hydrogen (secondary N) is 1. The monoisotopic (exact) mass is 332 g/mol. The number of rotatable bonds is 4. The molecule has 1 amide bonds. The molecule has 1 N–H and O–H groups in total. The van der Waals surface area contributed by atoms with Crippen LogP contribution in [-0.4, -0.2) is 31.2 Å². The van der Waals surface area contributed by atoms with Crippen LogP contribution in [-0.2, 0) is 6.42 Å². The lowest BCUT2D eigenvalue weighted by Crippen LogP contribution is -2.35. The number of aryl methyl sites for hydroxylation is 2. The molecule has 23 heavy (non-hydrogen) atoms. The second kappa shape index (κ2) is 6.58. The van der Waals surface area contributed by atoms with Crippen molar-refractivity contribution in [2.24, 2.45) is 5.92 Å². The number of benzene rings is 1. The molecule has 0 saturated heterocycles. The van der Waals surface area contributed by atoms with E-state index >= 15 is 0 Å². The van der Waals surface area contributed by atoms with Crippen LogP contribution in [0.1, 0.15) is 25.9 Å². The zero-order valence-corrected chi connectivity index (χ0v) is 14.3. The van der Waals surface area contributed by atoms with Crippen LogP contribution in [0.3, 0.4) is 0 Å². The van der Waals surface area contributed by atoms with Crippen molar-refractivity contribution < 1.29 is 14.3 Å². The summed E-state index contributed by atoms with van der Waals surface area (Å²) in [5.74, 6) is 1.73. The van der Waals surface area contributed by atoms with Crippen LogP contribution in [0.4, 0.5) is 0 Å². The van der Waals surface area contributed by atoms with Crippen molar-refractivity contribution in [1.82, 2.24) is 10.3 Å². The third-order valence-electron chi connectivity index (χ3n) is 3.92. The average Bonchev–Trinajstić information content (AvgIpc) is 2.90. The van der Waals surface area contributed by atoms with Gasteiger partial charge in [0, 0.05) is 17.3 Å². The Kier molecular flexibility index (Phi) is 4.52. The first kappa shape index (κ1) is 15.8. The van der Waals surface area contributed by atoms with Crippen LogP contribution in [0.15, 0.2) is 18.2 Å². The van der Waals surface area contributed by atoms with Gasteiger partial charge in [0.2, 0.25) is 0 Å². The highest BCUT2D eigenvalue weighted by Gasteiger charge is 2.23. The third-order valence-corrected chi connectivity index (χ3v) is 4.81. The molecule has 1 unspecified atom stereocenters. The standard InChI is InChI=1S/C17H20N2O3S/c1-10-15(19-11(2)23-10)17(20)18-8-12-7-13-5-4-6-14(21-3)16(13)22-9-12/h4-6,12H,7-9H2,1-3H3,(H,18,20). The van der Waals surface area contributed by atoms with Crippen LogP contribution in [0.2, 0.25) is 0 Å². The van der Waals surface area contributed by atoms with Gasteiger partial charge in [0.25, 0.3) is 5.91 Å². The number of fused-ring (bicyclic) bond motifs is 1. The number of ether oxygens (including phenoxy) is 2. The van der Waals surface area contributed by atoms with E-state index in [1.165, 1.54) is 0 Å². The first-order valence-corrected chi connectivity index (χ1v) is 8.41. The molecule has 5 nitrogen and oxygen atoms in total. The Morgan fingerprint density at radius 3 is 3.00 bits per heavy atom. The minimum Gasteiger partial charge on any atom is -0.493 e.